The largest absolute Gasteiger partial charge is 0.296 e. The highest BCUT2D eigenvalue weighted by molar-refractivity contribution is 7.15. The van der Waals surface area contributed by atoms with Gasteiger partial charge in [0.25, 0.3) is 0 Å². The van der Waals surface area contributed by atoms with E-state index in [1.807, 2.05) is 4.40 Å². The maximum absolute atomic E-state index is 11.8. The monoisotopic (exact) mass is 326 g/mol. The first kappa shape index (κ1) is 15.9. The fourth-order valence-electron chi connectivity index (χ4n) is 2.74. The van der Waals surface area contributed by atoms with Crippen molar-refractivity contribution in [3.05, 3.63) is 46.6 Å². The quantitative estimate of drug-likeness (QED) is 0.612. The molecule has 4 heteroatoms. The summed E-state index contributed by atoms with van der Waals surface area (Å²) in [4.78, 5) is 17.4. The summed E-state index contributed by atoms with van der Waals surface area (Å²) >= 11 is 1.59. The molecule has 0 bridgehead atoms. The minimum Gasteiger partial charge on any atom is -0.296 e. The molecule has 1 aromatic carbocycles. The normalized spacial score (nSPS) is 12.3. The van der Waals surface area contributed by atoms with Gasteiger partial charge in [-0.1, -0.05) is 58.9 Å². The van der Waals surface area contributed by atoms with Crippen LogP contribution in [0.1, 0.15) is 62.3 Å². The predicted octanol–water partition coefficient (Wildman–Crippen LogP) is 5.30. The standard InChI is InChI=1S/C19H22N2OS/c1-12(2)13-6-8-14(9-7-13)17-15(10-22)21-16(19(3,4)5)11-23-18(21)20-17/h6-12H,1-5H3. The van der Waals surface area contributed by atoms with Gasteiger partial charge in [-0.2, -0.15) is 0 Å². The van der Waals surface area contributed by atoms with Crippen LogP contribution in [-0.4, -0.2) is 15.7 Å². The smallest absolute Gasteiger partial charge is 0.195 e. The van der Waals surface area contributed by atoms with Crippen molar-refractivity contribution in [3.8, 4) is 11.3 Å². The first-order valence-corrected chi connectivity index (χ1v) is 8.77. The summed E-state index contributed by atoms with van der Waals surface area (Å²) in [6.07, 6.45) is 0.924. The van der Waals surface area contributed by atoms with E-state index < -0.39 is 0 Å². The molecular formula is C19H22N2OS. The number of aromatic nitrogens is 2. The van der Waals surface area contributed by atoms with Crippen molar-refractivity contribution in [3.63, 3.8) is 0 Å². The molecule has 0 fully saturated rings. The second-order valence-corrected chi connectivity index (χ2v) is 8.07. The average Bonchev–Trinajstić information content (AvgIpc) is 3.04. The minimum atomic E-state index is -0.0323. The Morgan fingerprint density at radius 1 is 1.17 bits per heavy atom. The van der Waals surface area contributed by atoms with Gasteiger partial charge >= 0.3 is 0 Å². The molecule has 3 aromatic rings. The molecule has 0 atom stereocenters. The predicted molar refractivity (Wildman–Crippen MR) is 96.7 cm³/mol. The van der Waals surface area contributed by atoms with Crippen LogP contribution in [0.4, 0.5) is 0 Å². The van der Waals surface area contributed by atoms with Crippen molar-refractivity contribution in [2.45, 2.75) is 46.0 Å². The number of hydrogen-bond donors (Lipinski definition) is 0. The van der Waals surface area contributed by atoms with Gasteiger partial charge < -0.3 is 0 Å². The molecule has 0 saturated heterocycles. The lowest BCUT2D eigenvalue weighted by molar-refractivity contribution is 0.111. The molecule has 0 amide bonds. The Kier molecular flexibility index (Phi) is 3.88. The molecule has 0 N–H and O–H groups in total. The number of rotatable bonds is 3. The van der Waals surface area contributed by atoms with Gasteiger partial charge in [0, 0.05) is 22.1 Å². The number of nitrogens with zero attached hydrogens (tertiary/aromatic N) is 2. The number of hydrogen-bond acceptors (Lipinski definition) is 3. The topological polar surface area (TPSA) is 34.4 Å². The molecule has 3 rings (SSSR count). The lowest BCUT2D eigenvalue weighted by atomic mass is 9.93. The molecule has 0 spiro atoms. The highest BCUT2D eigenvalue weighted by Crippen LogP contribution is 2.33. The maximum atomic E-state index is 11.8. The van der Waals surface area contributed by atoms with Crippen LogP contribution in [0.2, 0.25) is 0 Å². The van der Waals surface area contributed by atoms with Crippen molar-refractivity contribution in [2.24, 2.45) is 0 Å². The molecule has 3 nitrogen and oxygen atoms in total. The molecule has 2 aromatic heterocycles. The molecule has 2 heterocycles. The van der Waals surface area contributed by atoms with Crippen LogP contribution in [0.5, 0.6) is 0 Å². The second kappa shape index (κ2) is 5.60. The lowest BCUT2D eigenvalue weighted by Crippen LogP contribution is -2.15. The van der Waals surface area contributed by atoms with Gasteiger partial charge in [-0.3, -0.25) is 9.20 Å². The van der Waals surface area contributed by atoms with Crippen LogP contribution < -0.4 is 0 Å². The summed E-state index contributed by atoms with van der Waals surface area (Å²) < 4.78 is 2.00. The second-order valence-electron chi connectivity index (χ2n) is 7.23. The highest BCUT2D eigenvalue weighted by Gasteiger charge is 2.24. The third kappa shape index (κ3) is 2.72. The van der Waals surface area contributed by atoms with E-state index in [1.165, 1.54) is 5.56 Å². The molecule has 120 valence electrons. The van der Waals surface area contributed by atoms with E-state index in [0.717, 1.165) is 28.2 Å². The van der Waals surface area contributed by atoms with E-state index >= 15 is 0 Å². The Labute approximate surface area is 141 Å². The summed E-state index contributed by atoms with van der Waals surface area (Å²) in [6, 6.07) is 8.36. The fraction of sp³-hybridized carbons (Fsp3) is 0.368. The van der Waals surface area contributed by atoms with Gasteiger partial charge in [-0.25, -0.2) is 4.98 Å². The summed E-state index contributed by atoms with van der Waals surface area (Å²) in [6.45, 7) is 10.8. The molecule has 23 heavy (non-hydrogen) atoms. The van der Waals surface area contributed by atoms with Crippen LogP contribution in [0.15, 0.2) is 29.6 Å². The van der Waals surface area contributed by atoms with Gasteiger partial charge in [0.15, 0.2) is 11.2 Å². The highest BCUT2D eigenvalue weighted by atomic mass is 32.1. The zero-order valence-electron chi connectivity index (χ0n) is 14.3. The van der Waals surface area contributed by atoms with Crippen LogP contribution in [0, 0.1) is 0 Å². The molecular weight excluding hydrogens is 304 g/mol. The average molecular weight is 326 g/mol. The number of fused-ring (bicyclic) bond motifs is 1. The third-order valence-electron chi connectivity index (χ3n) is 4.13. The van der Waals surface area contributed by atoms with Gasteiger partial charge in [-0.15, -0.1) is 11.3 Å². The first-order chi connectivity index (χ1) is 10.8. The van der Waals surface area contributed by atoms with Crippen LogP contribution in [0.25, 0.3) is 16.2 Å². The number of aldehydes is 1. The van der Waals surface area contributed by atoms with E-state index in [1.54, 1.807) is 11.3 Å². The zero-order chi connectivity index (χ0) is 16.8. The van der Waals surface area contributed by atoms with Crippen molar-refractivity contribution in [1.29, 1.82) is 0 Å². The molecule has 0 saturated carbocycles. The summed E-state index contributed by atoms with van der Waals surface area (Å²) in [5.74, 6) is 0.493. The fourth-order valence-corrected chi connectivity index (χ4v) is 3.87. The molecule has 0 aliphatic heterocycles. The Hall–Kier alpha value is -1.94. The Balaban J connectivity index is 2.18. The number of imidazole rings is 1. The van der Waals surface area contributed by atoms with Crippen LogP contribution >= 0.6 is 11.3 Å². The first-order valence-electron chi connectivity index (χ1n) is 7.89. The van der Waals surface area contributed by atoms with Gasteiger partial charge in [0.1, 0.15) is 11.4 Å². The van der Waals surface area contributed by atoms with E-state index in [9.17, 15) is 4.79 Å². The molecule has 0 unspecified atom stereocenters. The van der Waals surface area contributed by atoms with E-state index in [2.05, 4.69) is 64.3 Å². The lowest BCUT2D eigenvalue weighted by Gasteiger charge is -2.17. The van der Waals surface area contributed by atoms with Crippen molar-refractivity contribution in [1.82, 2.24) is 9.38 Å². The van der Waals surface area contributed by atoms with Crippen molar-refractivity contribution in [2.75, 3.05) is 0 Å². The number of carbonyl (C=O) groups excluding carboxylic acids is 1. The summed E-state index contributed by atoms with van der Waals surface area (Å²) in [5, 5.41) is 2.10. The van der Waals surface area contributed by atoms with Gasteiger partial charge in [0.2, 0.25) is 0 Å². The molecule has 0 radical (unpaired) electrons. The number of thiazole rings is 1. The Morgan fingerprint density at radius 3 is 2.35 bits per heavy atom. The number of carbonyl (C=O) groups is 1. The molecule has 0 aliphatic carbocycles. The minimum absolute atomic E-state index is 0.0323. The Morgan fingerprint density at radius 2 is 1.83 bits per heavy atom. The van der Waals surface area contributed by atoms with Gasteiger partial charge in [-0.05, 0) is 11.5 Å². The van der Waals surface area contributed by atoms with E-state index in [4.69, 9.17) is 4.98 Å². The van der Waals surface area contributed by atoms with E-state index in [0.29, 0.717) is 11.6 Å². The Bertz CT molecular complexity index is 848. The summed E-state index contributed by atoms with van der Waals surface area (Å²) in [5.41, 5.74) is 4.79. The van der Waals surface area contributed by atoms with Crippen LogP contribution in [-0.2, 0) is 5.41 Å². The molecule has 0 aliphatic rings. The van der Waals surface area contributed by atoms with E-state index in [-0.39, 0.29) is 5.41 Å². The van der Waals surface area contributed by atoms with Crippen LogP contribution in [0.3, 0.4) is 0 Å². The number of benzene rings is 1. The third-order valence-corrected chi connectivity index (χ3v) is 4.96. The van der Waals surface area contributed by atoms with Crippen molar-refractivity contribution < 1.29 is 4.79 Å². The van der Waals surface area contributed by atoms with Gasteiger partial charge in [0.05, 0.1) is 0 Å². The summed E-state index contributed by atoms with van der Waals surface area (Å²) in [7, 11) is 0. The SMILES string of the molecule is CC(C)c1ccc(-c2nc3scc(C(C)(C)C)n3c2C=O)cc1. The van der Waals surface area contributed by atoms with Crippen molar-refractivity contribution >= 4 is 22.6 Å². The zero-order valence-corrected chi connectivity index (χ0v) is 15.1. The maximum Gasteiger partial charge on any atom is 0.195 e.